The molecule has 0 saturated carbocycles. The summed E-state index contributed by atoms with van der Waals surface area (Å²) in [6, 6.07) is 3.93. The van der Waals surface area contributed by atoms with Gasteiger partial charge in [-0.2, -0.15) is 5.10 Å². The van der Waals surface area contributed by atoms with Crippen LogP contribution in [0.3, 0.4) is 0 Å². The van der Waals surface area contributed by atoms with E-state index in [1.54, 1.807) is 23.1 Å². The van der Waals surface area contributed by atoms with Crippen molar-refractivity contribution in [3.63, 3.8) is 0 Å². The number of nitrogens with zero attached hydrogens (tertiary/aromatic N) is 5. The van der Waals surface area contributed by atoms with Gasteiger partial charge in [0.25, 0.3) is 11.8 Å². The van der Waals surface area contributed by atoms with E-state index in [1.165, 1.54) is 0 Å². The summed E-state index contributed by atoms with van der Waals surface area (Å²) in [5.41, 5.74) is 1.33. The number of rotatable bonds is 8. The van der Waals surface area contributed by atoms with Crippen molar-refractivity contribution >= 4 is 35.4 Å². The van der Waals surface area contributed by atoms with Crippen molar-refractivity contribution in [3.05, 3.63) is 47.3 Å². The first-order valence-electron chi connectivity index (χ1n) is 15.1. The number of benzene rings is 1. The van der Waals surface area contributed by atoms with Crippen molar-refractivity contribution in [2.45, 2.75) is 76.6 Å². The zero-order valence-corrected chi connectivity index (χ0v) is 26.0. The van der Waals surface area contributed by atoms with Crippen molar-refractivity contribution in [2.75, 3.05) is 39.0 Å². The van der Waals surface area contributed by atoms with Crippen LogP contribution < -0.4 is 10.6 Å². The minimum Gasteiger partial charge on any atom is -0.444 e. The molecule has 1 aromatic heterocycles. The fraction of sp³-hybridized carbons (Fsp3) is 0.548. The highest BCUT2D eigenvalue weighted by atomic mass is 16.6. The van der Waals surface area contributed by atoms with E-state index in [-0.39, 0.29) is 42.1 Å². The zero-order valence-electron chi connectivity index (χ0n) is 26.0. The Bertz CT molecular complexity index is 1450. The van der Waals surface area contributed by atoms with Crippen LogP contribution >= 0.6 is 0 Å². The summed E-state index contributed by atoms with van der Waals surface area (Å²) in [6.07, 6.45) is 5.87. The topological polar surface area (TPSA) is 146 Å². The van der Waals surface area contributed by atoms with E-state index < -0.39 is 35.3 Å². The molecule has 0 radical (unpaired) electrons. The number of carbonyl (C=O) groups excluding carboxylic acids is 5. The van der Waals surface area contributed by atoms with Crippen LogP contribution in [0.2, 0.25) is 0 Å². The Hall–Kier alpha value is -4.26. The number of amides is 5. The normalized spacial score (nSPS) is 20.2. The number of nitrogens with one attached hydrogen (secondary N) is 2. The molecule has 4 heterocycles. The van der Waals surface area contributed by atoms with E-state index in [4.69, 9.17) is 4.74 Å². The fourth-order valence-electron chi connectivity index (χ4n) is 5.90. The number of aromatic nitrogens is 2. The number of imide groups is 2. The molecule has 0 spiro atoms. The van der Waals surface area contributed by atoms with Gasteiger partial charge in [-0.1, -0.05) is 6.07 Å². The third-order valence-corrected chi connectivity index (χ3v) is 8.18. The average Bonchev–Trinajstić information content (AvgIpc) is 3.54. The Morgan fingerprint density at radius 2 is 1.84 bits per heavy atom. The third kappa shape index (κ3) is 6.62. The van der Waals surface area contributed by atoms with Crippen molar-refractivity contribution in [2.24, 2.45) is 0 Å². The van der Waals surface area contributed by atoms with Gasteiger partial charge in [-0.3, -0.25) is 34.1 Å². The highest BCUT2D eigenvalue weighted by molar-refractivity contribution is 6.25. The number of ether oxygens (including phenoxy) is 1. The smallest absolute Gasteiger partial charge is 0.410 e. The molecule has 13 heteroatoms. The molecule has 2 fully saturated rings. The number of fused-ring (bicyclic) bond motifs is 1. The maximum atomic E-state index is 13.6. The largest absolute Gasteiger partial charge is 0.444 e. The van der Waals surface area contributed by atoms with Gasteiger partial charge in [-0.15, -0.1) is 0 Å². The molecule has 2 atom stereocenters. The molecule has 5 amide bonds. The number of piperidine rings is 2. The molecule has 13 nitrogen and oxygen atoms in total. The van der Waals surface area contributed by atoms with Crippen LogP contribution in [0.4, 0.5) is 10.5 Å². The zero-order chi connectivity index (χ0) is 31.8. The molecule has 0 bridgehead atoms. The first kappa shape index (κ1) is 31.2. The second kappa shape index (κ2) is 12.4. The standard InChI is InChI=1S/C31H41N7O6/c1-31(2,3)44-30(43)36-15-11-20(12-16-36)37-18-19(17-32-37)22(13-14-35(4)5)33-23-8-6-7-21-26(23)29(42)38(28(21)41)24-9-10-25(39)34-27(24)40/h6-8,17-18,20,22,24,33H,9-16H2,1-5H3,(H,34,39,40). The third-order valence-electron chi connectivity index (χ3n) is 8.18. The molecule has 3 aliphatic rings. The highest BCUT2D eigenvalue weighted by Crippen LogP contribution is 2.35. The molecule has 2 unspecified atom stereocenters. The first-order chi connectivity index (χ1) is 20.8. The van der Waals surface area contributed by atoms with Crippen LogP contribution in [0.15, 0.2) is 30.6 Å². The number of carbonyl (C=O) groups is 5. The highest BCUT2D eigenvalue weighted by Gasteiger charge is 2.45. The average molecular weight is 608 g/mol. The Morgan fingerprint density at radius 3 is 2.50 bits per heavy atom. The van der Waals surface area contributed by atoms with Crippen molar-refractivity contribution in [3.8, 4) is 0 Å². The Balaban J connectivity index is 1.33. The van der Waals surface area contributed by atoms with E-state index in [2.05, 4.69) is 20.6 Å². The number of anilines is 1. The lowest BCUT2D eigenvalue weighted by molar-refractivity contribution is -0.136. The predicted octanol–water partition coefficient (Wildman–Crippen LogP) is 2.96. The Morgan fingerprint density at radius 1 is 1.11 bits per heavy atom. The van der Waals surface area contributed by atoms with Crippen molar-refractivity contribution in [1.29, 1.82) is 0 Å². The summed E-state index contributed by atoms with van der Waals surface area (Å²) in [4.78, 5) is 68.5. The van der Waals surface area contributed by atoms with Crippen molar-refractivity contribution < 1.29 is 28.7 Å². The van der Waals surface area contributed by atoms with E-state index >= 15 is 0 Å². The molecular weight excluding hydrogens is 566 g/mol. The minimum atomic E-state index is -1.03. The number of hydrogen-bond acceptors (Lipinski definition) is 9. The molecule has 2 aromatic rings. The Labute approximate surface area is 256 Å². The quantitative estimate of drug-likeness (QED) is 0.433. The molecule has 2 saturated heterocycles. The van der Waals surface area contributed by atoms with Crippen LogP contribution in [0, 0.1) is 0 Å². The lowest BCUT2D eigenvalue weighted by Gasteiger charge is -2.33. The maximum absolute atomic E-state index is 13.6. The van der Waals surface area contributed by atoms with Crippen LogP contribution in [0.5, 0.6) is 0 Å². The summed E-state index contributed by atoms with van der Waals surface area (Å²) >= 11 is 0. The lowest BCUT2D eigenvalue weighted by atomic mass is 10.0. The molecule has 0 aliphatic carbocycles. The summed E-state index contributed by atoms with van der Waals surface area (Å²) < 4.78 is 7.47. The van der Waals surface area contributed by atoms with Gasteiger partial charge in [0, 0.05) is 37.0 Å². The van der Waals surface area contributed by atoms with Gasteiger partial charge in [0.1, 0.15) is 11.6 Å². The minimum absolute atomic E-state index is 0.0611. The predicted molar refractivity (Wildman–Crippen MR) is 161 cm³/mol. The van der Waals surface area contributed by atoms with E-state index in [1.807, 2.05) is 51.9 Å². The van der Waals surface area contributed by atoms with Gasteiger partial charge in [0.15, 0.2) is 0 Å². The van der Waals surface area contributed by atoms with Crippen LogP contribution in [0.1, 0.15) is 91.2 Å². The maximum Gasteiger partial charge on any atom is 0.410 e. The van der Waals surface area contributed by atoms with Gasteiger partial charge in [0.05, 0.1) is 29.4 Å². The molecule has 236 valence electrons. The number of likely N-dealkylation sites (tertiary alicyclic amines) is 1. The summed E-state index contributed by atoms with van der Waals surface area (Å²) in [6.45, 7) is 7.47. The monoisotopic (exact) mass is 607 g/mol. The number of hydrogen-bond donors (Lipinski definition) is 2. The first-order valence-corrected chi connectivity index (χ1v) is 15.1. The fourth-order valence-corrected chi connectivity index (χ4v) is 5.90. The lowest BCUT2D eigenvalue weighted by Crippen LogP contribution is -2.54. The van der Waals surface area contributed by atoms with Gasteiger partial charge < -0.3 is 19.9 Å². The Kier molecular flexibility index (Phi) is 8.78. The van der Waals surface area contributed by atoms with E-state index in [0.29, 0.717) is 25.2 Å². The van der Waals surface area contributed by atoms with Crippen LogP contribution in [0.25, 0.3) is 0 Å². The van der Waals surface area contributed by atoms with Gasteiger partial charge >= 0.3 is 6.09 Å². The van der Waals surface area contributed by atoms with Crippen molar-refractivity contribution in [1.82, 2.24) is 29.8 Å². The van der Waals surface area contributed by atoms with E-state index in [0.717, 1.165) is 29.8 Å². The summed E-state index contributed by atoms with van der Waals surface area (Å²) in [5.74, 6) is -2.15. The van der Waals surface area contributed by atoms with Gasteiger partial charge in [-0.25, -0.2) is 4.79 Å². The van der Waals surface area contributed by atoms with Gasteiger partial charge in [-0.05, 0) is 79.2 Å². The second-order valence-corrected chi connectivity index (χ2v) is 12.9. The summed E-state index contributed by atoms with van der Waals surface area (Å²) in [7, 11) is 3.97. The molecule has 2 N–H and O–H groups in total. The molecular formula is C31H41N7O6. The second-order valence-electron chi connectivity index (χ2n) is 12.9. The molecule has 3 aliphatic heterocycles. The molecule has 44 heavy (non-hydrogen) atoms. The van der Waals surface area contributed by atoms with Crippen LogP contribution in [-0.4, -0.2) is 99.6 Å². The van der Waals surface area contributed by atoms with Crippen LogP contribution in [-0.2, 0) is 14.3 Å². The van der Waals surface area contributed by atoms with Gasteiger partial charge in [0.2, 0.25) is 11.8 Å². The summed E-state index contributed by atoms with van der Waals surface area (Å²) in [5, 5.41) is 10.4. The molecule has 5 rings (SSSR count). The molecule has 1 aromatic carbocycles. The SMILES string of the molecule is CN(C)CCC(Nc1cccc2c1C(=O)N(C1CCC(=O)NC1=O)C2=O)c1cnn(C2CCN(C(=O)OC(C)(C)C)CC2)c1. The van der Waals surface area contributed by atoms with E-state index in [9.17, 15) is 24.0 Å².